The molecule has 1 fully saturated rings. The van der Waals surface area contributed by atoms with Gasteiger partial charge in [-0.2, -0.15) is 8.78 Å². The number of ether oxygens (including phenoxy) is 2. The number of amides is 1. The molecule has 0 bridgehead atoms. The standard InChI is InChI=1S/C23H28F2N2O3/c1-16-4-3-11-27(14-16)15-18-7-5-17(6-8-18)13-26-22(28)19-9-10-20(29-2)21(12-19)30-23(24)25/h5-10,12,16,23H,3-4,11,13-15H2,1-2H3,(H,26,28). The molecule has 30 heavy (non-hydrogen) atoms. The Hall–Kier alpha value is -2.67. The van der Waals surface area contributed by atoms with Crippen LogP contribution in [-0.2, 0) is 13.1 Å². The number of nitrogens with zero attached hydrogens (tertiary/aromatic N) is 1. The number of halogens is 2. The second kappa shape index (κ2) is 10.4. The molecule has 1 aliphatic heterocycles. The first-order valence-corrected chi connectivity index (χ1v) is 10.2. The third kappa shape index (κ3) is 6.16. The van der Waals surface area contributed by atoms with Crippen LogP contribution < -0.4 is 14.8 Å². The normalized spacial score (nSPS) is 17.0. The van der Waals surface area contributed by atoms with Crippen LogP contribution in [0.15, 0.2) is 42.5 Å². The van der Waals surface area contributed by atoms with Gasteiger partial charge < -0.3 is 14.8 Å². The summed E-state index contributed by atoms with van der Waals surface area (Å²) in [6.45, 7) is 2.86. The Balaban J connectivity index is 1.55. The first-order chi connectivity index (χ1) is 14.4. The van der Waals surface area contributed by atoms with Crippen molar-refractivity contribution in [1.82, 2.24) is 10.2 Å². The molecule has 1 amide bonds. The number of likely N-dealkylation sites (tertiary alicyclic amines) is 1. The fourth-order valence-corrected chi connectivity index (χ4v) is 3.74. The highest BCUT2D eigenvalue weighted by Crippen LogP contribution is 2.29. The molecule has 0 aliphatic carbocycles. The van der Waals surface area contributed by atoms with Crippen molar-refractivity contribution in [2.24, 2.45) is 5.92 Å². The van der Waals surface area contributed by atoms with Gasteiger partial charge in [-0.25, -0.2) is 0 Å². The van der Waals surface area contributed by atoms with Gasteiger partial charge in [0.2, 0.25) is 0 Å². The predicted molar refractivity (Wildman–Crippen MR) is 111 cm³/mol. The first-order valence-electron chi connectivity index (χ1n) is 10.2. The van der Waals surface area contributed by atoms with Gasteiger partial charge in [0.15, 0.2) is 11.5 Å². The van der Waals surface area contributed by atoms with E-state index in [9.17, 15) is 13.6 Å². The maximum Gasteiger partial charge on any atom is 0.387 e. The Morgan fingerprint density at radius 2 is 1.90 bits per heavy atom. The molecule has 1 heterocycles. The van der Waals surface area contributed by atoms with E-state index in [1.807, 2.05) is 12.1 Å². The summed E-state index contributed by atoms with van der Waals surface area (Å²) in [6, 6.07) is 12.4. The lowest BCUT2D eigenvalue weighted by Gasteiger charge is -2.30. The molecule has 0 radical (unpaired) electrons. The molecule has 3 rings (SSSR count). The number of alkyl halides is 2. The first kappa shape index (κ1) is 22.0. The monoisotopic (exact) mass is 418 g/mol. The topological polar surface area (TPSA) is 50.8 Å². The molecule has 0 aromatic heterocycles. The van der Waals surface area contributed by atoms with Crippen molar-refractivity contribution in [1.29, 1.82) is 0 Å². The predicted octanol–water partition coefficient (Wildman–Crippen LogP) is 4.46. The van der Waals surface area contributed by atoms with Gasteiger partial charge in [0.25, 0.3) is 5.91 Å². The smallest absolute Gasteiger partial charge is 0.387 e. The van der Waals surface area contributed by atoms with Gasteiger partial charge in [-0.05, 0) is 54.6 Å². The number of nitrogens with one attached hydrogen (secondary N) is 1. The molecule has 1 N–H and O–H groups in total. The lowest BCUT2D eigenvalue weighted by atomic mass is 9.99. The van der Waals surface area contributed by atoms with E-state index in [0.717, 1.165) is 31.1 Å². The Morgan fingerprint density at radius 3 is 2.57 bits per heavy atom. The number of carbonyl (C=O) groups is 1. The van der Waals surface area contributed by atoms with Gasteiger partial charge in [-0.15, -0.1) is 0 Å². The van der Waals surface area contributed by atoms with Crippen LogP contribution in [0.2, 0.25) is 0 Å². The van der Waals surface area contributed by atoms with Crippen molar-refractivity contribution in [2.45, 2.75) is 39.5 Å². The second-order valence-electron chi connectivity index (χ2n) is 7.73. The van der Waals surface area contributed by atoms with Gasteiger partial charge in [-0.3, -0.25) is 9.69 Å². The van der Waals surface area contributed by atoms with E-state index < -0.39 is 6.61 Å². The molecule has 1 saturated heterocycles. The van der Waals surface area contributed by atoms with E-state index in [1.54, 1.807) is 0 Å². The van der Waals surface area contributed by atoms with Crippen LogP contribution >= 0.6 is 0 Å². The highest BCUT2D eigenvalue weighted by Gasteiger charge is 2.17. The number of hydrogen-bond donors (Lipinski definition) is 1. The number of rotatable bonds is 8. The molecule has 0 saturated carbocycles. The molecule has 5 nitrogen and oxygen atoms in total. The second-order valence-corrected chi connectivity index (χ2v) is 7.73. The number of carbonyl (C=O) groups excluding carboxylic acids is 1. The Morgan fingerprint density at radius 1 is 1.17 bits per heavy atom. The van der Waals surface area contributed by atoms with Crippen LogP contribution in [0.4, 0.5) is 8.78 Å². The van der Waals surface area contributed by atoms with Gasteiger partial charge in [-0.1, -0.05) is 31.2 Å². The Labute approximate surface area is 176 Å². The molecule has 1 atom stereocenters. The number of methoxy groups -OCH3 is 1. The molecule has 1 unspecified atom stereocenters. The van der Waals surface area contributed by atoms with E-state index in [0.29, 0.717) is 6.54 Å². The maximum absolute atomic E-state index is 12.6. The summed E-state index contributed by atoms with van der Waals surface area (Å²) in [4.78, 5) is 14.9. The fraction of sp³-hybridized carbons (Fsp3) is 0.435. The molecule has 162 valence electrons. The summed E-state index contributed by atoms with van der Waals surface area (Å²) in [5.41, 5.74) is 2.45. The van der Waals surface area contributed by atoms with Crippen LogP contribution in [0, 0.1) is 5.92 Å². The van der Waals surface area contributed by atoms with E-state index in [-0.39, 0.29) is 23.0 Å². The lowest BCUT2D eigenvalue weighted by molar-refractivity contribution is -0.0512. The van der Waals surface area contributed by atoms with E-state index in [1.165, 1.54) is 43.7 Å². The van der Waals surface area contributed by atoms with Gasteiger partial charge >= 0.3 is 6.61 Å². The van der Waals surface area contributed by atoms with Crippen LogP contribution in [0.1, 0.15) is 41.3 Å². The van der Waals surface area contributed by atoms with Crippen molar-refractivity contribution < 1.29 is 23.0 Å². The van der Waals surface area contributed by atoms with Crippen molar-refractivity contribution in [3.8, 4) is 11.5 Å². The van der Waals surface area contributed by atoms with E-state index in [4.69, 9.17) is 4.74 Å². The SMILES string of the molecule is COc1ccc(C(=O)NCc2ccc(CN3CCCC(C)C3)cc2)cc1OC(F)F. The molecule has 7 heteroatoms. The molecular formula is C23H28F2N2O3. The minimum absolute atomic E-state index is 0.144. The van der Waals surface area contributed by atoms with Crippen molar-refractivity contribution in [3.05, 3.63) is 59.2 Å². The zero-order valence-electron chi connectivity index (χ0n) is 17.4. The average molecular weight is 418 g/mol. The zero-order chi connectivity index (χ0) is 21.5. The quantitative estimate of drug-likeness (QED) is 0.688. The zero-order valence-corrected chi connectivity index (χ0v) is 17.4. The Kier molecular flexibility index (Phi) is 7.63. The van der Waals surface area contributed by atoms with Crippen LogP contribution in [0.25, 0.3) is 0 Å². The van der Waals surface area contributed by atoms with Gasteiger partial charge in [0.1, 0.15) is 0 Å². The summed E-state index contributed by atoms with van der Waals surface area (Å²) in [5, 5.41) is 2.81. The molecular weight excluding hydrogens is 390 g/mol. The maximum atomic E-state index is 12.6. The highest BCUT2D eigenvalue weighted by atomic mass is 19.3. The third-order valence-corrected chi connectivity index (χ3v) is 5.27. The van der Waals surface area contributed by atoms with Crippen LogP contribution in [0.3, 0.4) is 0 Å². The number of benzene rings is 2. The largest absolute Gasteiger partial charge is 0.493 e. The molecule has 2 aromatic carbocycles. The van der Waals surface area contributed by atoms with Crippen molar-refractivity contribution in [3.63, 3.8) is 0 Å². The Bertz CT molecular complexity index is 843. The van der Waals surface area contributed by atoms with Gasteiger partial charge in [0.05, 0.1) is 7.11 Å². The summed E-state index contributed by atoms with van der Waals surface area (Å²) in [5.74, 6) is 0.350. The molecule has 0 spiro atoms. The third-order valence-electron chi connectivity index (χ3n) is 5.27. The van der Waals surface area contributed by atoms with E-state index >= 15 is 0 Å². The van der Waals surface area contributed by atoms with Crippen molar-refractivity contribution in [2.75, 3.05) is 20.2 Å². The minimum atomic E-state index is -3.00. The fourth-order valence-electron chi connectivity index (χ4n) is 3.74. The minimum Gasteiger partial charge on any atom is -0.493 e. The summed E-state index contributed by atoms with van der Waals surface area (Å²) < 4.78 is 34.5. The van der Waals surface area contributed by atoms with Gasteiger partial charge in [0, 0.05) is 25.2 Å². The summed E-state index contributed by atoms with van der Waals surface area (Å²) in [6.07, 6.45) is 2.56. The summed E-state index contributed by atoms with van der Waals surface area (Å²) in [7, 11) is 1.35. The van der Waals surface area contributed by atoms with Crippen LogP contribution in [-0.4, -0.2) is 37.6 Å². The molecule has 2 aromatic rings. The van der Waals surface area contributed by atoms with Crippen LogP contribution in [0.5, 0.6) is 11.5 Å². The number of hydrogen-bond acceptors (Lipinski definition) is 4. The average Bonchev–Trinajstić information content (AvgIpc) is 2.72. The van der Waals surface area contributed by atoms with E-state index in [2.05, 4.69) is 34.0 Å². The molecule has 1 aliphatic rings. The highest BCUT2D eigenvalue weighted by molar-refractivity contribution is 5.94. The lowest BCUT2D eigenvalue weighted by Crippen LogP contribution is -2.33. The van der Waals surface area contributed by atoms with Crippen molar-refractivity contribution >= 4 is 5.91 Å². The summed E-state index contributed by atoms with van der Waals surface area (Å²) >= 11 is 0. The number of piperidine rings is 1.